The van der Waals surface area contributed by atoms with Crippen molar-refractivity contribution in [1.29, 1.82) is 0 Å². The van der Waals surface area contributed by atoms with Gasteiger partial charge in [-0.05, 0) is 42.7 Å². The van der Waals surface area contributed by atoms with Crippen molar-refractivity contribution < 1.29 is 13.5 Å². The van der Waals surface area contributed by atoms with Gasteiger partial charge in [0, 0.05) is 6.26 Å². The van der Waals surface area contributed by atoms with Crippen LogP contribution in [0.15, 0.2) is 41.7 Å². The second kappa shape index (κ2) is 7.85. The third-order valence-electron chi connectivity index (χ3n) is 5.66. The van der Waals surface area contributed by atoms with Crippen LogP contribution in [-0.4, -0.2) is 51.4 Å². The molecular formula is C21H23N5O3S2. The maximum absolute atomic E-state index is 11.9. The van der Waals surface area contributed by atoms with Gasteiger partial charge in [0.25, 0.3) is 0 Å². The van der Waals surface area contributed by atoms with Gasteiger partial charge >= 0.3 is 0 Å². The first kappa shape index (κ1) is 20.3. The molecule has 1 aliphatic carbocycles. The highest BCUT2D eigenvalue weighted by atomic mass is 32.2. The molecule has 2 unspecified atom stereocenters. The van der Waals surface area contributed by atoms with E-state index in [2.05, 4.69) is 26.3 Å². The molecular weight excluding hydrogens is 434 g/mol. The molecule has 0 saturated heterocycles. The Morgan fingerprint density at radius 2 is 1.97 bits per heavy atom. The van der Waals surface area contributed by atoms with Crippen molar-refractivity contribution in [1.82, 2.24) is 19.5 Å². The first-order valence-electron chi connectivity index (χ1n) is 10.2. The predicted octanol–water partition coefficient (Wildman–Crippen LogP) is 3.21. The minimum atomic E-state index is -3.39. The van der Waals surface area contributed by atoms with Gasteiger partial charge in [0.05, 0.1) is 35.2 Å². The predicted molar refractivity (Wildman–Crippen MR) is 121 cm³/mol. The number of thiazole rings is 1. The topological polar surface area (TPSA) is 110 Å². The van der Waals surface area contributed by atoms with Crippen LogP contribution in [0, 0.1) is 0 Å². The van der Waals surface area contributed by atoms with Gasteiger partial charge in [0.15, 0.2) is 25.6 Å². The minimum absolute atomic E-state index is 0.0419. The molecule has 0 spiro atoms. The third-order valence-corrected chi connectivity index (χ3v) is 7.60. The molecule has 1 fully saturated rings. The second-order valence-corrected chi connectivity index (χ2v) is 11.1. The van der Waals surface area contributed by atoms with Crippen LogP contribution in [-0.2, 0) is 16.4 Å². The van der Waals surface area contributed by atoms with Gasteiger partial charge in [-0.25, -0.2) is 23.4 Å². The minimum Gasteiger partial charge on any atom is -0.391 e. The maximum atomic E-state index is 11.9. The van der Waals surface area contributed by atoms with Crippen molar-refractivity contribution in [3.05, 3.63) is 42.2 Å². The molecule has 0 amide bonds. The van der Waals surface area contributed by atoms with E-state index in [-0.39, 0.29) is 17.2 Å². The lowest BCUT2D eigenvalue weighted by atomic mass is 9.93. The molecule has 3 heterocycles. The van der Waals surface area contributed by atoms with Crippen molar-refractivity contribution in [3.8, 4) is 0 Å². The molecule has 3 aromatic heterocycles. The summed E-state index contributed by atoms with van der Waals surface area (Å²) in [5.74, 6) is 0. The molecule has 31 heavy (non-hydrogen) atoms. The van der Waals surface area contributed by atoms with Crippen LogP contribution in [0.4, 0.5) is 5.13 Å². The van der Waals surface area contributed by atoms with E-state index < -0.39 is 9.84 Å². The molecule has 5 rings (SSSR count). The molecule has 1 aromatic carbocycles. The molecule has 2 N–H and O–H groups in total. The summed E-state index contributed by atoms with van der Waals surface area (Å²) < 4.78 is 26.6. The number of imidazole rings is 1. The summed E-state index contributed by atoms with van der Waals surface area (Å²) in [5, 5.41) is 14.5. The summed E-state index contributed by atoms with van der Waals surface area (Å²) in [5.41, 5.74) is 3.16. The summed E-state index contributed by atoms with van der Waals surface area (Å²) in [4.78, 5) is 13.3. The average molecular weight is 458 g/mol. The van der Waals surface area contributed by atoms with E-state index in [1.807, 2.05) is 16.7 Å². The fourth-order valence-electron chi connectivity index (χ4n) is 4.01. The van der Waals surface area contributed by atoms with Gasteiger partial charge in [-0.3, -0.25) is 0 Å². The number of aromatic nitrogens is 4. The van der Waals surface area contributed by atoms with Crippen LogP contribution >= 0.6 is 11.3 Å². The molecule has 8 nitrogen and oxygen atoms in total. The van der Waals surface area contributed by atoms with Gasteiger partial charge in [-0.2, -0.15) is 0 Å². The summed E-state index contributed by atoms with van der Waals surface area (Å²) >= 11 is 1.58. The number of sulfone groups is 1. The number of nitrogens with zero attached hydrogens (tertiary/aromatic N) is 4. The summed E-state index contributed by atoms with van der Waals surface area (Å²) in [6, 6.07) is 9.30. The third kappa shape index (κ3) is 4.15. The van der Waals surface area contributed by atoms with E-state index >= 15 is 0 Å². The zero-order chi connectivity index (χ0) is 21.6. The zero-order valence-corrected chi connectivity index (χ0v) is 18.7. The largest absolute Gasteiger partial charge is 0.391 e. The average Bonchev–Trinajstić information content (AvgIpc) is 3.32. The van der Waals surface area contributed by atoms with Crippen LogP contribution in [0.2, 0.25) is 0 Å². The van der Waals surface area contributed by atoms with Crippen molar-refractivity contribution in [2.24, 2.45) is 0 Å². The number of benzene rings is 1. The SMILES string of the molecule is CS(=O)(=O)c1ccc2ncn(Cc3ccc4nc(NC5CCCCC5O)sc4c3)c2n1. The van der Waals surface area contributed by atoms with Gasteiger partial charge in [-0.15, -0.1) is 0 Å². The van der Waals surface area contributed by atoms with Gasteiger partial charge in [0.1, 0.15) is 5.52 Å². The maximum Gasteiger partial charge on any atom is 0.192 e. The highest BCUT2D eigenvalue weighted by molar-refractivity contribution is 7.90. The lowest BCUT2D eigenvalue weighted by Gasteiger charge is -2.27. The quantitative estimate of drug-likeness (QED) is 0.473. The molecule has 1 saturated carbocycles. The van der Waals surface area contributed by atoms with E-state index in [9.17, 15) is 13.5 Å². The number of fused-ring (bicyclic) bond motifs is 2. The van der Waals surface area contributed by atoms with Crippen LogP contribution in [0.5, 0.6) is 0 Å². The Morgan fingerprint density at radius 3 is 2.77 bits per heavy atom. The van der Waals surface area contributed by atoms with Gasteiger partial charge in [0.2, 0.25) is 0 Å². The Morgan fingerprint density at radius 1 is 1.16 bits per heavy atom. The lowest BCUT2D eigenvalue weighted by Crippen LogP contribution is -2.36. The first-order chi connectivity index (χ1) is 14.9. The Balaban J connectivity index is 1.41. The van der Waals surface area contributed by atoms with Crippen molar-refractivity contribution in [2.75, 3.05) is 11.6 Å². The smallest absolute Gasteiger partial charge is 0.192 e. The Bertz CT molecular complexity index is 1360. The highest BCUT2D eigenvalue weighted by Crippen LogP contribution is 2.30. The van der Waals surface area contributed by atoms with Gasteiger partial charge < -0.3 is 15.0 Å². The van der Waals surface area contributed by atoms with E-state index in [0.29, 0.717) is 17.7 Å². The van der Waals surface area contributed by atoms with Gasteiger partial charge in [-0.1, -0.05) is 30.2 Å². The van der Waals surface area contributed by atoms with E-state index in [4.69, 9.17) is 0 Å². The van der Waals surface area contributed by atoms with Crippen LogP contribution < -0.4 is 5.32 Å². The molecule has 0 aliphatic heterocycles. The monoisotopic (exact) mass is 457 g/mol. The van der Waals surface area contributed by atoms with Crippen LogP contribution in [0.1, 0.15) is 31.2 Å². The van der Waals surface area contributed by atoms with Crippen molar-refractivity contribution in [3.63, 3.8) is 0 Å². The number of hydrogen-bond acceptors (Lipinski definition) is 8. The molecule has 0 radical (unpaired) electrons. The molecule has 1 aliphatic rings. The Labute approximate surface area is 183 Å². The lowest BCUT2D eigenvalue weighted by molar-refractivity contribution is 0.116. The zero-order valence-electron chi connectivity index (χ0n) is 17.0. The Hall–Kier alpha value is -2.56. The van der Waals surface area contributed by atoms with E-state index in [1.165, 1.54) is 6.07 Å². The number of nitrogens with one attached hydrogen (secondary N) is 1. The Kier molecular flexibility index (Phi) is 5.15. The van der Waals surface area contributed by atoms with Crippen LogP contribution in [0.3, 0.4) is 0 Å². The molecule has 2 atom stereocenters. The summed E-state index contributed by atoms with van der Waals surface area (Å²) in [6.07, 6.45) is 6.49. The number of hydrogen-bond donors (Lipinski definition) is 2. The number of aliphatic hydroxyl groups is 1. The fourth-order valence-corrected chi connectivity index (χ4v) is 5.57. The van der Waals surface area contributed by atoms with E-state index in [0.717, 1.165) is 52.9 Å². The summed E-state index contributed by atoms with van der Waals surface area (Å²) in [7, 11) is -3.39. The number of anilines is 1. The van der Waals surface area contributed by atoms with E-state index in [1.54, 1.807) is 23.7 Å². The second-order valence-electron chi connectivity index (χ2n) is 8.06. The first-order valence-corrected chi connectivity index (χ1v) is 12.9. The highest BCUT2D eigenvalue weighted by Gasteiger charge is 2.23. The normalized spacial score (nSPS) is 19.8. The molecule has 0 bridgehead atoms. The number of rotatable bonds is 5. The van der Waals surface area contributed by atoms with Crippen molar-refractivity contribution >= 4 is 47.7 Å². The molecule has 4 aromatic rings. The molecule has 162 valence electrons. The molecule has 10 heteroatoms. The standard InChI is InChI=1S/C21H23N5O3S2/c1-31(28,29)19-9-8-16-20(25-19)26(12-22-16)11-13-6-7-15-18(10-13)30-21(24-15)23-14-4-2-3-5-17(14)27/h6-10,12,14,17,27H,2-5,11H2,1H3,(H,23,24). The fraction of sp³-hybridized carbons (Fsp3) is 0.381. The summed E-state index contributed by atoms with van der Waals surface area (Å²) in [6.45, 7) is 0.522. The number of aliphatic hydroxyl groups excluding tert-OH is 1. The van der Waals surface area contributed by atoms with Crippen molar-refractivity contribution in [2.45, 2.75) is 49.4 Å². The van der Waals surface area contributed by atoms with Crippen LogP contribution in [0.25, 0.3) is 21.4 Å². The number of pyridine rings is 1.